The van der Waals surface area contributed by atoms with Gasteiger partial charge in [0.05, 0.1) is 12.0 Å². The van der Waals surface area contributed by atoms with Crippen molar-refractivity contribution >= 4 is 23.9 Å². The van der Waals surface area contributed by atoms with E-state index in [4.69, 9.17) is 0 Å². The molecule has 0 aliphatic carbocycles. The molecule has 0 aromatic heterocycles. The summed E-state index contributed by atoms with van der Waals surface area (Å²) in [4.78, 5) is 10.1. The van der Waals surface area contributed by atoms with Gasteiger partial charge in [-0.25, -0.2) is 4.40 Å². The van der Waals surface area contributed by atoms with Crippen LogP contribution >= 0.6 is 11.9 Å². The first-order valence-corrected chi connectivity index (χ1v) is 2.52. The van der Waals surface area contributed by atoms with Crippen molar-refractivity contribution in [3.05, 3.63) is 0 Å². The molecule has 1 rings (SSSR count). The van der Waals surface area contributed by atoms with Crippen LogP contribution in [0.25, 0.3) is 0 Å². The average molecular weight is 241 g/mol. The first kappa shape index (κ1) is 8.07. The Morgan fingerprint density at radius 2 is 2.57 bits per heavy atom. The fraction of sp³-hybridized carbons (Fsp3) is 0.333. The second-order valence-electron chi connectivity index (χ2n) is 0.974. The molecular formula is C3H3CeNOS. The fourth-order valence-corrected chi connectivity index (χ4v) is 0.703. The summed E-state index contributed by atoms with van der Waals surface area (Å²) in [5, 5.41) is 0. The van der Waals surface area contributed by atoms with E-state index >= 15 is 0 Å². The number of carbonyl (C=O) groups is 1. The van der Waals surface area contributed by atoms with Crippen molar-refractivity contribution in [1.82, 2.24) is 0 Å². The summed E-state index contributed by atoms with van der Waals surface area (Å²) in [7, 11) is 0. The molecule has 0 saturated carbocycles. The number of ketones is 1. The number of rotatable bonds is 0. The van der Waals surface area contributed by atoms with Crippen LogP contribution < -0.4 is 0 Å². The molecule has 0 atom stereocenters. The zero-order valence-electron chi connectivity index (χ0n) is 3.55. The molecule has 0 spiro atoms. The molecule has 1 heterocycles. The number of hydrogen-bond acceptors (Lipinski definition) is 3. The smallest absolute Gasteiger partial charge is 0.186 e. The van der Waals surface area contributed by atoms with Gasteiger partial charge in [0.1, 0.15) is 0 Å². The average Bonchev–Trinajstić information content (AvgIpc) is 1.86. The third-order valence-electron chi connectivity index (χ3n) is 0.478. The normalized spacial score (nSPS) is 16.9. The van der Waals surface area contributed by atoms with Crippen LogP contribution in [0.2, 0.25) is 0 Å². The fourth-order valence-electron chi connectivity index (χ4n) is 0.234. The molecule has 0 N–H and O–H groups in total. The van der Waals surface area contributed by atoms with Crippen LogP contribution in [0.15, 0.2) is 4.40 Å². The van der Waals surface area contributed by atoms with Crippen LogP contribution in [-0.2, 0) is 4.79 Å². The van der Waals surface area contributed by atoms with E-state index in [0.717, 1.165) is 0 Å². The van der Waals surface area contributed by atoms with Crippen molar-refractivity contribution < 1.29 is 46.5 Å². The van der Waals surface area contributed by atoms with Crippen LogP contribution in [0.1, 0.15) is 0 Å². The standard InChI is InChI=1S/C3H3NOS.Ce/c5-3-1-4-6-2-3;/h1H,2H2;. The summed E-state index contributed by atoms with van der Waals surface area (Å²) < 4.78 is 3.61. The third-order valence-corrected chi connectivity index (χ3v) is 1.15. The van der Waals surface area contributed by atoms with E-state index in [1.807, 2.05) is 0 Å². The van der Waals surface area contributed by atoms with Gasteiger partial charge in [-0.1, -0.05) is 0 Å². The maximum absolute atomic E-state index is 10.1. The van der Waals surface area contributed by atoms with E-state index in [-0.39, 0.29) is 47.5 Å². The van der Waals surface area contributed by atoms with Crippen LogP contribution in [0.3, 0.4) is 0 Å². The molecule has 0 aromatic rings. The minimum absolute atomic E-state index is 0. The summed E-state index contributed by atoms with van der Waals surface area (Å²) in [6.45, 7) is 0. The molecule has 4 heteroatoms. The van der Waals surface area contributed by atoms with E-state index in [1.165, 1.54) is 18.2 Å². The summed E-state index contributed by atoms with van der Waals surface area (Å²) in [5.41, 5.74) is 0. The molecule has 0 fully saturated rings. The quantitative estimate of drug-likeness (QED) is 0.570. The number of carbonyl (C=O) groups excluding carboxylic acids is 1. The van der Waals surface area contributed by atoms with Gasteiger partial charge in [0.25, 0.3) is 0 Å². The zero-order valence-corrected chi connectivity index (χ0v) is 7.50. The van der Waals surface area contributed by atoms with Crippen LogP contribution in [0.4, 0.5) is 0 Å². The Morgan fingerprint density at radius 1 is 1.86 bits per heavy atom. The van der Waals surface area contributed by atoms with Crippen molar-refractivity contribution in [1.29, 1.82) is 0 Å². The van der Waals surface area contributed by atoms with Gasteiger partial charge in [0.2, 0.25) is 0 Å². The van der Waals surface area contributed by atoms with Gasteiger partial charge in [0.15, 0.2) is 5.78 Å². The van der Waals surface area contributed by atoms with E-state index < -0.39 is 0 Å². The zero-order chi connectivity index (χ0) is 4.41. The number of nitrogens with zero attached hydrogens (tertiary/aromatic N) is 1. The molecule has 7 heavy (non-hydrogen) atoms. The Bertz CT molecular complexity index is 103. The molecular weight excluding hydrogens is 238 g/mol. The molecule has 1 aliphatic rings. The molecule has 36 valence electrons. The second kappa shape index (κ2) is 4.00. The van der Waals surface area contributed by atoms with Crippen molar-refractivity contribution in [3.63, 3.8) is 0 Å². The second-order valence-corrected chi connectivity index (χ2v) is 1.73. The first-order chi connectivity index (χ1) is 2.89. The van der Waals surface area contributed by atoms with E-state index in [2.05, 4.69) is 4.40 Å². The van der Waals surface area contributed by atoms with E-state index in [9.17, 15) is 4.79 Å². The molecule has 1 aliphatic heterocycles. The van der Waals surface area contributed by atoms with Crippen molar-refractivity contribution in [2.24, 2.45) is 4.40 Å². The largest absolute Gasteiger partial charge is 0.292 e. The number of Topliss-reactive ketones (excluding diaryl/α,β-unsaturated/α-hetero) is 1. The molecule has 0 saturated heterocycles. The van der Waals surface area contributed by atoms with Gasteiger partial charge in [-0.2, -0.15) is 0 Å². The Balaban J connectivity index is 0.000000360. The monoisotopic (exact) mass is 241 g/mol. The number of hydrogen-bond donors (Lipinski definition) is 0. The van der Waals surface area contributed by atoms with E-state index in [1.54, 1.807) is 0 Å². The summed E-state index contributed by atoms with van der Waals surface area (Å²) in [6.07, 6.45) is 1.35. The summed E-state index contributed by atoms with van der Waals surface area (Å²) >= 11 is 1.30. The van der Waals surface area contributed by atoms with Crippen molar-refractivity contribution in [2.75, 3.05) is 5.75 Å². The van der Waals surface area contributed by atoms with Gasteiger partial charge in [-0.05, 0) is 11.9 Å². The van der Waals surface area contributed by atoms with Crippen LogP contribution in [0, 0.1) is 41.7 Å². The van der Waals surface area contributed by atoms with Crippen molar-refractivity contribution in [2.45, 2.75) is 0 Å². The van der Waals surface area contributed by atoms with Gasteiger partial charge >= 0.3 is 0 Å². The first-order valence-electron chi connectivity index (χ1n) is 1.58. The maximum Gasteiger partial charge on any atom is 0.186 e. The minimum atomic E-state index is 0. The van der Waals surface area contributed by atoms with Crippen LogP contribution in [0.5, 0.6) is 0 Å². The molecule has 0 amide bonds. The summed E-state index contributed by atoms with van der Waals surface area (Å²) in [6, 6.07) is 0. The Labute approximate surface area is 79.7 Å². The predicted octanol–water partition coefficient (Wildman–Crippen LogP) is 0.288. The Morgan fingerprint density at radius 3 is 2.71 bits per heavy atom. The van der Waals surface area contributed by atoms with Crippen LogP contribution in [-0.4, -0.2) is 17.8 Å². The Kier molecular flexibility index (Phi) is 4.61. The SMILES string of the molecule is O=C1C=NSC1.[Ce]. The van der Waals surface area contributed by atoms with E-state index in [0.29, 0.717) is 5.75 Å². The topological polar surface area (TPSA) is 29.4 Å². The minimum Gasteiger partial charge on any atom is -0.292 e. The van der Waals surface area contributed by atoms with Crippen molar-refractivity contribution in [3.8, 4) is 0 Å². The Hall–Kier alpha value is 1.07. The third kappa shape index (κ3) is 2.79. The summed E-state index contributed by atoms with van der Waals surface area (Å²) in [5.74, 6) is 0.667. The van der Waals surface area contributed by atoms with Gasteiger partial charge in [-0.15, -0.1) is 0 Å². The predicted molar refractivity (Wildman–Crippen MR) is 26.0 cm³/mol. The maximum atomic E-state index is 10.1. The molecule has 2 nitrogen and oxygen atoms in total. The molecule has 0 aromatic carbocycles. The molecule has 0 unspecified atom stereocenters. The van der Waals surface area contributed by atoms with Gasteiger partial charge in [0, 0.05) is 41.7 Å². The van der Waals surface area contributed by atoms with Gasteiger partial charge < -0.3 is 0 Å². The molecule has 0 radical (unpaired) electrons. The van der Waals surface area contributed by atoms with Gasteiger partial charge in [-0.3, -0.25) is 4.79 Å². The molecule has 0 bridgehead atoms.